The summed E-state index contributed by atoms with van der Waals surface area (Å²) in [7, 11) is 0. The van der Waals surface area contributed by atoms with E-state index < -0.39 is 47.9 Å². The molecule has 0 saturated carbocycles. The van der Waals surface area contributed by atoms with Gasteiger partial charge >= 0.3 is 5.97 Å². The van der Waals surface area contributed by atoms with E-state index in [1.54, 1.807) is 6.92 Å². The molecule has 0 aromatic carbocycles. The van der Waals surface area contributed by atoms with E-state index in [-0.39, 0.29) is 11.8 Å². The SMILES string of the molecule is CCC(C)C(N)C(=O)NC(CCCCN)C(=O)NC(C)C(=O)NC(C(=O)O)C(C)CC. The van der Waals surface area contributed by atoms with Crippen LogP contribution < -0.4 is 27.4 Å². The van der Waals surface area contributed by atoms with E-state index in [1.165, 1.54) is 6.92 Å². The van der Waals surface area contributed by atoms with Gasteiger partial charge in [-0.05, 0) is 44.6 Å². The van der Waals surface area contributed by atoms with Crippen molar-refractivity contribution in [2.45, 2.75) is 90.9 Å². The molecular weight excluding hydrogens is 402 g/mol. The zero-order valence-corrected chi connectivity index (χ0v) is 19.4. The Balaban J connectivity index is 5.15. The summed E-state index contributed by atoms with van der Waals surface area (Å²) in [5, 5.41) is 17.1. The molecule has 8 N–H and O–H groups in total. The lowest BCUT2D eigenvalue weighted by Gasteiger charge is -2.25. The fourth-order valence-electron chi connectivity index (χ4n) is 2.88. The normalized spacial score (nSPS) is 16.9. The highest BCUT2D eigenvalue weighted by Crippen LogP contribution is 2.09. The number of nitrogens with two attached hydrogens (primary N) is 2. The molecule has 0 radical (unpaired) electrons. The molecule has 0 bridgehead atoms. The van der Waals surface area contributed by atoms with Gasteiger partial charge in [-0.1, -0.05) is 40.5 Å². The Hall–Kier alpha value is -2.20. The summed E-state index contributed by atoms with van der Waals surface area (Å²) in [5.74, 6) is -3.01. The number of rotatable bonds is 15. The van der Waals surface area contributed by atoms with Crippen molar-refractivity contribution in [3.05, 3.63) is 0 Å². The molecule has 0 heterocycles. The van der Waals surface area contributed by atoms with Gasteiger partial charge in [-0.3, -0.25) is 14.4 Å². The minimum Gasteiger partial charge on any atom is -0.480 e. The molecule has 0 spiro atoms. The lowest BCUT2D eigenvalue weighted by molar-refractivity contribution is -0.143. The van der Waals surface area contributed by atoms with Crippen LogP contribution >= 0.6 is 0 Å². The maximum absolute atomic E-state index is 12.8. The maximum atomic E-state index is 12.8. The van der Waals surface area contributed by atoms with Crippen LogP contribution in [0.5, 0.6) is 0 Å². The van der Waals surface area contributed by atoms with Crippen LogP contribution in [-0.4, -0.2) is 59.5 Å². The third-order valence-corrected chi connectivity index (χ3v) is 5.67. The number of aliphatic carboxylic acids is 1. The lowest BCUT2D eigenvalue weighted by atomic mass is 9.98. The van der Waals surface area contributed by atoms with Gasteiger partial charge in [0.25, 0.3) is 0 Å². The molecular formula is C21H41N5O5. The van der Waals surface area contributed by atoms with Crippen molar-refractivity contribution in [1.29, 1.82) is 0 Å². The number of nitrogens with one attached hydrogen (secondary N) is 3. The Morgan fingerprint density at radius 1 is 0.839 bits per heavy atom. The van der Waals surface area contributed by atoms with Crippen LogP contribution in [0, 0.1) is 11.8 Å². The van der Waals surface area contributed by atoms with Crippen LogP contribution in [0.2, 0.25) is 0 Å². The predicted octanol–water partition coefficient (Wildman–Crippen LogP) is 0.0938. The molecule has 180 valence electrons. The van der Waals surface area contributed by atoms with Gasteiger partial charge in [0.2, 0.25) is 17.7 Å². The first-order valence-corrected chi connectivity index (χ1v) is 11.1. The summed E-state index contributed by atoms with van der Waals surface area (Å²) in [6.45, 7) is 9.26. The highest BCUT2D eigenvalue weighted by atomic mass is 16.4. The van der Waals surface area contributed by atoms with E-state index in [4.69, 9.17) is 11.5 Å². The number of hydrogen-bond donors (Lipinski definition) is 6. The van der Waals surface area contributed by atoms with Crippen molar-refractivity contribution in [1.82, 2.24) is 16.0 Å². The number of unbranched alkanes of at least 4 members (excludes halogenated alkanes) is 1. The van der Waals surface area contributed by atoms with Crippen molar-refractivity contribution in [2.24, 2.45) is 23.3 Å². The van der Waals surface area contributed by atoms with E-state index >= 15 is 0 Å². The number of carbonyl (C=O) groups excluding carboxylic acids is 3. The van der Waals surface area contributed by atoms with Crippen LogP contribution in [0.1, 0.15) is 66.7 Å². The highest BCUT2D eigenvalue weighted by Gasteiger charge is 2.30. The van der Waals surface area contributed by atoms with E-state index in [2.05, 4.69) is 16.0 Å². The molecule has 0 rings (SSSR count). The lowest BCUT2D eigenvalue weighted by Crippen LogP contribution is -2.57. The van der Waals surface area contributed by atoms with Gasteiger partial charge in [0, 0.05) is 0 Å². The monoisotopic (exact) mass is 443 g/mol. The first-order chi connectivity index (χ1) is 14.5. The average Bonchev–Trinajstić information content (AvgIpc) is 2.74. The molecule has 6 atom stereocenters. The minimum atomic E-state index is -1.13. The van der Waals surface area contributed by atoms with Crippen LogP contribution in [-0.2, 0) is 19.2 Å². The van der Waals surface area contributed by atoms with Gasteiger partial charge in [0.1, 0.15) is 18.1 Å². The third-order valence-electron chi connectivity index (χ3n) is 5.67. The fraction of sp³-hybridized carbons (Fsp3) is 0.810. The smallest absolute Gasteiger partial charge is 0.326 e. The first-order valence-electron chi connectivity index (χ1n) is 11.1. The van der Waals surface area contributed by atoms with Crippen LogP contribution in [0.25, 0.3) is 0 Å². The zero-order valence-electron chi connectivity index (χ0n) is 19.4. The number of amides is 3. The summed E-state index contributed by atoms with van der Waals surface area (Å²) in [4.78, 5) is 49.1. The topological polar surface area (TPSA) is 177 Å². The molecule has 0 saturated heterocycles. The van der Waals surface area contributed by atoms with Gasteiger partial charge in [-0.15, -0.1) is 0 Å². The average molecular weight is 444 g/mol. The van der Waals surface area contributed by atoms with E-state index in [1.807, 2.05) is 20.8 Å². The van der Waals surface area contributed by atoms with Crippen LogP contribution in [0.4, 0.5) is 0 Å². The van der Waals surface area contributed by atoms with E-state index in [9.17, 15) is 24.3 Å². The Bertz CT molecular complexity index is 601. The molecule has 0 aliphatic heterocycles. The number of carboxylic acid groups (broad SMARTS) is 1. The van der Waals surface area contributed by atoms with Gasteiger partial charge < -0.3 is 32.5 Å². The first kappa shape index (κ1) is 28.8. The molecule has 31 heavy (non-hydrogen) atoms. The van der Waals surface area contributed by atoms with Crippen molar-refractivity contribution in [2.75, 3.05) is 6.54 Å². The zero-order chi connectivity index (χ0) is 24.1. The van der Waals surface area contributed by atoms with Crippen LogP contribution in [0.3, 0.4) is 0 Å². The molecule has 0 fully saturated rings. The summed E-state index contributed by atoms with van der Waals surface area (Å²) in [6, 6.07) is -3.64. The molecule has 0 aliphatic carbocycles. The Morgan fingerprint density at radius 3 is 1.90 bits per heavy atom. The van der Waals surface area contributed by atoms with Gasteiger partial charge in [0.05, 0.1) is 6.04 Å². The van der Waals surface area contributed by atoms with Crippen molar-refractivity contribution in [3.8, 4) is 0 Å². The third kappa shape index (κ3) is 10.1. The second kappa shape index (κ2) is 14.7. The molecule has 0 aromatic rings. The predicted molar refractivity (Wildman–Crippen MR) is 119 cm³/mol. The van der Waals surface area contributed by atoms with Gasteiger partial charge in [0.15, 0.2) is 0 Å². The van der Waals surface area contributed by atoms with Crippen molar-refractivity contribution in [3.63, 3.8) is 0 Å². The maximum Gasteiger partial charge on any atom is 0.326 e. The molecule has 10 nitrogen and oxygen atoms in total. The molecule has 0 aromatic heterocycles. The van der Waals surface area contributed by atoms with Crippen molar-refractivity contribution >= 4 is 23.7 Å². The minimum absolute atomic E-state index is 0.0500. The Morgan fingerprint density at radius 2 is 1.42 bits per heavy atom. The fourth-order valence-corrected chi connectivity index (χ4v) is 2.88. The molecule has 10 heteroatoms. The number of carboxylic acids is 1. The second-order valence-electron chi connectivity index (χ2n) is 8.20. The van der Waals surface area contributed by atoms with Crippen molar-refractivity contribution < 1.29 is 24.3 Å². The highest BCUT2D eigenvalue weighted by molar-refractivity contribution is 5.93. The second-order valence-corrected chi connectivity index (χ2v) is 8.20. The van der Waals surface area contributed by atoms with E-state index in [0.717, 1.165) is 6.42 Å². The van der Waals surface area contributed by atoms with Gasteiger partial charge in [-0.2, -0.15) is 0 Å². The Labute approximate surface area is 185 Å². The summed E-state index contributed by atoms with van der Waals surface area (Å²) in [6.07, 6.45) is 2.94. The molecule has 6 unspecified atom stereocenters. The summed E-state index contributed by atoms with van der Waals surface area (Å²) >= 11 is 0. The Kier molecular flexibility index (Phi) is 13.7. The summed E-state index contributed by atoms with van der Waals surface area (Å²) < 4.78 is 0. The summed E-state index contributed by atoms with van der Waals surface area (Å²) in [5.41, 5.74) is 11.5. The standard InChI is InChI=1S/C21H41N5O5/c1-6-12(3)16(23)20(29)25-15(10-8-9-11-22)19(28)24-14(5)18(27)26-17(21(30)31)13(4)7-2/h12-17H,6-11,22-23H2,1-5H3,(H,24,28)(H,25,29)(H,26,27)(H,30,31). The van der Waals surface area contributed by atoms with E-state index in [0.29, 0.717) is 32.2 Å². The largest absolute Gasteiger partial charge is 0.480 e. The molecule has 0 aliphatic rings. The quantitative estimate of drug-likeness (QED) is 0.194. The molecule has 3 amide bonds. The van der Waals surface area contributed by atoms with Crippen LogP contribution in [0.15, 0.2) is 0 Å². The number of carbonyl (C=O) groups is 4. The number of hydrogen-bond acceptors (Lipinski definition) is 6. The van der Waals surface area contributed by atoms with Gasteiger partial charge in [-0.25, -0.2) is 4.79 Å².